The molecule has 0 atom stereocenters. The molecule has 0 heterocycles. The first-order valence-electron chi connectivity index (χ1n) is 10.0. The highest BCUT2D eigenvalue weighted by atomic mass is 19.1. The molecule has 1 saturated carbocycles. The Hall–Kier alpha value is -2.93. The van der Waals surface area contributed by atoms with Crippen LogP contribution in [0.1, 0.15) is 28.8 Å². The smallest absolute Gasteiger partial charge is 0.254 e. The normalized spacial score (nSPS) is 13.1. The van der Waals surface area contributed by atoms with E-state index in [1.54, 1.807) is 17.0 Å². The van der Waals surface area contributed by atoms with Crippen molar-refractivity contribution in [3.8, 4) is 0 Å². The highest BCUT2D eigenvalue weighted by molar-refractivity contribution is 5.94. The fourth-order valence-electron chi connectivity index (χ4n) is 3.40. The topological polar surface area (TPSA) is 61.9 Å². The summed E-state index contributed by atoms with van der Waals surface area (Å²) in [5.41, 5.74) is 2.84. The van der Waals surface area contributed by atoms with Gasteiger partial charge in [-0.15, -0.1) is 0 Å². The summed E-state index contributed by atoms with van der Waals surface area (Å²) in [6, 6.07) is 11.4. The van der Waals surface area contributed by atoms with Crippen molar-refractivity contribution in [1.82, 2.24) is 4.90 Å². The van der Waals surface area contributed by atoms with Gasteiger partial charge in [-0.2, -0.15) is 0 Å². The highest BCUT2D eigenvalue weighted by Crippen LogP contribution is 2.32. The van der Waals surface area contributed by atoms with Crippen LogP contribution in [0.2, 0.25) is 0 Å². The fourth-order valence-corrected chi connectivity index (χ4v) is 3.40. The second kappa shape index (κ2) is 9.71. The zero-order chi connectivity index (χ0) is 21.7. The molecule has 1 aliphatic carbocycles. The predicted octanol–water partition coefficient (Wildman–Crippen LogP) is 3.53. The molecule has 7 heteroatoms. The number of hydrogen-bond donors (Lipinski definition) is 1. The van der Waals surface area contributed by atoms with E-state index in [4.69, 9.17) is 4.74 Å². The lowest BCUT2D eigenvalue weighted by Gasteiger charge is -2.26. The van der Waals surface area contributed by atoms with E-state index in [1.807, 2.05) is 37.2 Å². The van der Waals surface area contributed by atoms with Gasteiger partial charge >= 0.3 is 0 Å². The molecule has 0 saturated heterocycles. The van der Waals surface area contributed by atoms with E-state index >= 15 is 0 Å². The molecule has 0 aliphatic heterocycles. The van der Waals surface area contributed by atoms with Crippen LogP contribution in [-0.2, 0) is 16.1 Å². The van der Waals surface area contributed by atoms with Crippen molar-refractivity contribution in [2.24, 2.45) is 5.92 Å². The van der Waals surface area contributed by atoms with Gasteiger partial charge in [0.15, 0.2) is 0 Å². The SMILES string of the molecule is COCC(=O)Nc1ccc(N(C)C)c(CN(CC2CC2)C(=O)c2cccc(F)c2)c1. The van der Waals surface area contributed by atoms with Crippen molar-refractivity contribution >= 4 is 23.2 Å². The number of carbonyl (C=O) groups is 2. The molecule has 2 amide bonds. The average molecular weight is 413 g/mol. The number of methoxy groups -OCH3 is 1. The fraction of sp³-hybridized carbons (Fsp3) is 0.391. The Morgan fingerprint density at radius 2 is 1.93 bits per heavy atom. The third-order valence-electron chi connectivity index (χ3n) is 5.02. The molecule has 1 N–H and O–H groups in total. The van der Waals surface area contributed by atoms with E-state index < -0.39 is 5.82 Å². The molecule has 0 bridgehead atoms. The summed E-state index contributed by atoms with van der Waals surface area (Å²) in [5.74, 6) is -0.384. The Kier molecular flexibility index (Phi) is 7.05. The highest BCUT2D eigenvalue weighted by Gasteiger charge is 2.28. The van der Waals surface area contributed by atoms with Crippen molar-refractivity contribution in [3.63, 3.8) is 0 Å². The first kappa shape index (κ1) is 21.8. The zero-order valence-corrected chi connectivity index (χ0v) is 17.7. The number of nitrogens with one attached hydrogen (secondary N) is 1. The van der Waals surface area contributed by atoms with Gasteiger partial charge in [0.1, 0.15) is 12.4 Å². The Bertz CT molecular complexity index is 912. The first-order chi connectivity index (χ1) is 14.4. The molecule has 6 nitrogen and oxygen atoms in total. The number of rotatable bonds is 9. The molecule has 3 rings (SSSR count). The number of amides is 2. The van der Waals surface area contributed by atoms with Gasteiger partial charge in [-0.25, -0.2) is 4.39 Å². The number of ether oxygens (including phenoxy) is 1. The zero-order valence-electron chi connectivity index (χ0n) is 17.7. The molecule has 160 valence electrons. The maximum absolute atomic E-state index is 13.7. The van der Waals surface area contributed by atoms with Crippen LogP contribution >= 0.6 is 0 Å². The molecule has 0 radical (unpaired) electrons. The largest absolute Gasteiger partial charge is 0.377 e. The van der Waals surface area contributed by atoms with Crippen LogP contribution in [0, 0.1) is 11.7 Å². The molecule has 0 aromatic heterocycles. The van der Waals surface area contributed by atoms with Crippen LogP contribution in [0.4, 0.5) is 15.8 Å². The van der Waals surface area contributed by atoms with Gasteiger partial charge in [0.2, 0.25) is 5.91 Å². The van der Waals surface area contributed by atoms with Crippen LogP contribution < -0.4 is 10.2 Å². The van der Waals surface area contributed by atoms with E-state index in [-0.39, 0.29) is 18.4 Å². The predicted molar refractivity (Wildman–Crippen MR) is 115 cm³/mol. The summed E-state index contributed by atoms with van der Waals surface area (Å²) in [5, 5.41) is 2.81. The van der Waals surface area contributed by atoms with Gasteiger partial charge in [-0.05, 0) is 60.7 Å². The second-order valence-electron chi connectivity index (χ2n) is 7.86. The van der Waals surface area contributed by atoms with Crippen LogP contribution in [-0.4, -0.2) is 51.1 Å². The monoisotopic (exact) mass is 413 g/mol. The summed E-state index contributed by atoms with van der Waals surface area (Å²) in [6.07, 6.45) is 2.20. The first-order valence-corrected chi connectivity index (χ1v) is 10.0. The molecule has 2 aromatic carbocycles. The number of carbonyl (C=O) groups excluding carboxylic acids is 2. The van der Waals surface area contributed by atoms with E-state index in [9.17, 15) is 14.0 Å². The number of halogens is 1. The summed E-state index contributed by atoms with van der Waals surface area (Å²) < 4.78 is 18.5. The maximum atomic E-state index is 13.7. The van der Waals surface area contributed by atoms with Crippen molar-refractivity contribution in [3.05, 3.63) is 59.4 Å². The molecular formula is C23H28FN3O3. The minimum Gasteiger partial charge on any atom is -0.377 e. The number of anilines is 2. The lowest BCUT2D eigenvalue weighted by atomic mass is 10.1. The van der Waals surface area contributed by atoms with Gasteiger partial charge in [0.25, 0.3) is 5.91 Å². The second-order valence-corrected chi connectivity index (χ2v) is 7.86. The molecule has 1 aliphatic rings. The lowest BCUT2D eigenvalue weighted by Crippen LogP contribution is -2.33. The Morgan fingerprint density at radius 1 is 1.17 bits per heavy atom. The Balaban J connectivity index is 1.88. The lowest BCUT2D eigenvalue weighted by molar-refractivity contribution is -0.119. The Morgan fingerprint density at radius 3 is 2.57 bits per heavy atom. The molecule has 0 unspecified atom stereocenters. The summed E-state index contributed by atoms with van der Waals surface area (Å²) in [6.45, 7) is 0.965. The van der Waals surface area contributed by atoms with Crippen LogP contribution in [0.15, 0.2) is 42.5 Å². The van der Waals surface area contributed by atoms with Gasteiger partial charge in [-0.3, -0.25) is 9.59 Å². The number of hydrogen-bond acceptors (Lipinski definition) is 4. The minimum atomic E-state index is -0.427. The number of benzene rings is 2. The van der Waals surface area contributed by atoms with Crippen LogP contribution in [0.5, 0.6) is 0 Å². The van der Waals surface area contributed by atoms with Crippen molar-refractivity contribution < 1.29 is 18.7 Å². The molecular weight excluding hydrogens is 385 g/mol. The van der Waals surface area contributed by atoms with Gasteiger partial charge in [0.05, 0.1) is 0 Å². The van der Waals surface area contributed by atoms with Gasteiger partial charge in [0, 0.05) is 51.2 Å². The van der Waals surface area contributed by atoms with Gasteiger partial charge < -0.3 is 19.9 Å². The van der Waals surface area contributed by atoms with E-state index in [0.717, 1.165) is 24.1 Å². The maximum Gasteiger partial charge on any atom is 0.254 e. The van der Waals surface area contributed by atoms with Crippen molar-refractivity contribution in [2.45, 2.75) is 19.4 Å². The molecule has 2 aromatic rings. The molecule has 0 spiro atoms. The third kappa shape index (κ3) is 5.79. The average Bonchev–Trinajstić information content (AvgIpc) is 3.51. The van der Waals surface area contributed by atoms with Crippen molar-refractivity contribution in [1.29, 1.82) is 0 Å². The Labute approximate surface area is 176 Å². The standard InChI is InChI=1S/C23H28FN3O3/c1-26(2)21-10-9-20(25-22(28)15-30-3)12-18(21)14-27(13-16-7-8-16)23(29)17-5-4-6-19(24)11-17/h4-6,9-12,16H,7-8,13-15H2,1-3H3,(H,25,28). The third-order valence-corrected chi connectivity index (χ3v) is 5.02. The molecule has 30 heavy (non-hydrogen) atoms. The summed E-state index contributed by atoms with van der Waals surface area (Å²) in [7, 11) is 5.33. The number of nitrogens with zero attached hydrogens (tertiary/aromatic N) is 2. The summed E-state index contributed by atoms with van der Waals surface area (Å²) >= 11 is 0. The quantitative estimate of drug-likeness (QED) is 0.683. The summed E-state index contributed by atoms with van der Waals surface area (Å²) in [4.78, 5) is 28.8. The van der Waals surface area contributed by atoms with Crippen LogP contribution in [0.3, 0.4) is 0 Å². The molecule has 1 fully saturated rings. The van der Waals surface area contributed by atoms with Crippen LogP contribution in [0.25, 0.3) is 0 Å². The minimum absolute atomic E-state index is 0.0311. The van der Waals surface area contributed by atoms with Gasteiger partial charge in [-0.1, -0.05) is 6.07 Å². The van der Waals surface area contributed by atoms with Crippen molar-refractivity contribution in [2.75, 3.05) is 44.6 Å². The van der Waals surface area contributed by atoms with E-state index in [2.05, 4.69) is 5.32 Å². The van der Waals surface area contributed by atoms with E-state index in [0.29, 0.717) is 30.3 Å². The van der Waals surface area contributed by atoms with E-state index in [1.165, 1.54) is 19.2 Å².